The number of nitrogens with one attached hydrogen (secondary N) is 1. The van der Waals surface area contributed by atoms with Gasteiger partial charge in [0.15, 0.2) is 11.0 Å². The fourth-order valence-electron chi connectivity index (χ4n) is 3.36. The predicted octanol–water partition coefficient (Wildman–Crippen LogP) is 4.86. The summed E-state index contributed by atoms with van der Waals surface area (Å²) >= 11 is 2.61. The number of benzene rings is 1. The van der Waals surface area contributed by atoms with Crippen LogP contribution in [0.2, 0.25) is 0 Å². The van der Waals surface area contributed by atoms with E-state index in [-0.39, 0.29) is 18.3 Å². The summed E-state index contributed by atoms with van der Waals surface area (Å²) in [5.41, 5.74) is 3.44. The van der Waals surface area contributed by atoms with Crippen molar-refractivity contribution in [1.29, 1.82) is 0 Å². The first-order valence-corrected chi connectivity index (χ1v) is 12.4. The van der Waals surface area contributed by atoms with Crippen molar-refractivity contribution in [2.45, 2.75) is 46.0 Å². The van der Waals surface area contributed by atoms with E-state index in [9.17, 15) is 9.59 Å². The number of carbonyl (C=O) groups excluding carboxylic acids is 2. The molecule has 1 aromatic carbocycles. The summed E-state index contributed by atoms with van der Waals surface area (Å²) in [6, 6.07) is 6.02. The van der Waals surface area contributed by atoms with E-state index in [0.29, 0.717) is 28.1 Å². The second kappa shape index (κ2) is 11.3. The van der Waals surface area contributed by atoms with Gasteiger partial charge in [-0.3, -0.25) is 9.36 Å². The molecule has 0 bridgehead atoms. The topological polar surface area (TPSA) is 95.3 Å². The molecule has 0 aliphatic rings. The first kappa shape index (κ1) is 25.5. The Morgan fingerprint density at radius 2 is 1.88 bits per heavy atom. The van der Waals surface area contributed by atoms with Gasteiger partial charge in [-0.1, -0.05) is 23.9 Å². The molecule has 0 fully saturated rings. The van der Waals surface area contributed by atoms with Crippen molar-refractivity contribution >= 4 is 40.0 Å². The molecule has 1 N–H and O–H groups in total. The smallest absolute Gasteiger partial charge is 0.341 e. The van der Waals surface area contributed by atoms with Gasteiger partial charge in [0.2, 0.25) is 5.91 Å². The maximum Gasteiger partial charge on any atom is 0.341 e. The van der Waals surface area contributed by atoms with Crippen LogP contribution in [0.5, 0.6) is 5.75 Å². The Morgan fingerprint density at radius 3 is 2.53 bits per heavy atom. The number of ether oxygens (including phenoxy) is 2. The highest BCUT2D eigenvalue weighted by atomic mass is 32.2. The van der Waals surface area contributed by atoms with Crippen LogP contribution in [-0.4, -0.2) is 39.5 Å². The van der Waals surface area contributed by atoms with Gasteiger partial charge in [-0.25, -0.2) is 4.79 Å². The molecular formula is C24H28N4O4S2. The van der Waals surface area contributed by atoms with Crippen LogP contribution in [0.1, 0.15) is 37.7 Å². The molecule has 0 radical (unpaired) electrons. The van der Waals surface area contributed by atoms with Crippen LogP contribution < -0.4 is 10.1 Å². The van der Waals surface area contributed by atoms with Crippen molar-refractivity contribution < 1.29 is 19.1 Å². The summed E-state index contributed by atoms with van der Waals surface area (Å²) in [6.07, 6.45) is 1.74. The standard InChI is InChI=1S/C24H28N4O4S2/c1-7-8-28-19(12-32-18-10-14(2)9-15(3)11-18)26-27-24(28)33-13-20(29)25-22-21(23(30)31-6)16(4)17(5)34-22/h7,9-11H,1,8,12-13H2,2-6H3,(H,25,29). The van der Waals surface area contributed by atoms with E-state index in [1.54, 1.807) is 6.08 Å². The molecule has 0 saturated heterocycles. The molecule has 0 spiro atoms. The van der Waals surface area contributed by atoms with Crippen molar-refractivity contribution in [2.24, 2.45) is 0 Å². The van der Waals surface area contributed by atoms with Crippen LogP contribution >= 0.6 is 23.1 Å². The van der Waals surface area contributed by atoms with E-state index in [4.69, 9.17) is 9.47 Å². The largest absolute Gasteiger partial charge is 0.486 e. The fraction of sp³-hybridized carbons (Fsp3) is 0.333. The summed E-state index contributed by atoms with van der Waals surface area (Å²) in [5, 5.41) is 12.4. The first-order valence-electron chi connectivity index (χ1n) is 10.6. The molecule has 2 aromatic heterocycles. The Hall–Kier alpha value is -3.11. The molecule has 3 aromatic rings. The molecule has 0 unspecified atom stereocenters. The minimum Gasteiger partial charge on any atom is -0.486 e. The Bertz CT molecular complexity index is 1200. The van der Waals surface area contributed by atoms with E-state index in [1.807, 2.05) is 44.4 Å². The number of hydrogen-bond donors (Lipinski definition) is 1. The normalized spacial score (nSPS) is 10.7. The van der Waals surface area contributed by atoms with Gasteiger partial charge < -0.3 is 14.8 Å². The lowest BCUT2D eigenvalue weighted by atomic mass is 10.1. The third kappa shape index (κ3) is 6.06. The number of rotatable bonds is 10. The molecule has 1 amide bonds. The maximum absolute atomic E-state index is 12.6. The summed E-state index contributed by atoms with van der Waals surface area (Å²) in [6.45, 7) is 12.3. The molecule has 8 nitrogen and oxygen atoms in total. The predicted molar refractivity (Wildman–Crippen MR) is 135 cm³/mol. The first-order chi connectivity index (χ1) is 16.2. The van der Waals surface area contributed by atoms with Gasteiger partial charge in [-0.05, 0) is 56.5 Å². The average molecular weight is 501 g/mol. The molecule has 10 heteroatoms. The number of thioether (sulfide) groups is 1. The quantitative estimate of drug-likeness (QED) is 0.241. The van der Waals surface area contributed by atoms with Crippen LogP contribution in [-0.2, 0) is 22.7 Å². The van der Waals surface area contributed by atoms with Crippen molar-refractivity contribution in [2.75, 3.05) is 18.2 Å². The summed E-state index contributed by atoms with van der Waals surface area (Å²) in [5.74, 6) is 0.785. The lowest BCUT2D eigenvalue weighted by Gasteiger charge is -2.10. The van der Waals surface area contributed by atoms with Gasteiger partial charge in [-0.2, -0.15) is 0 Å². The Morgan fingerprint density at radius 1 is 1.18 bits per heavy atom. The third-order valence-electron chi connectivity index (χ3n) is 5.03. The van der Waals surface area contributed by atoms with Crippen LogP contribution in [0.15, 0.2) is 36.0 Å². The van der Waals surface area contributed by atoms with Gasteiger partial charge in [0.1, 0.15) is 17.4 Å². The molecule has 0 aliphatic carbocycles. The summed E-state index contributed by atoms with van der Waals surface area (Å²) in [7, 11) is 1.32. The average Bonchev–Trinajstić information content (AvgIpc) is 3.29. The number of allylic oxidation sites excluding steroid dienone is 1. The SMILES string of the molecule is C=CCn1c(COc2cc(C)cc(C)c2)nnc1SCC(=O)Nc1sc(C)c(C)c1C(=O)OC. The number of aryl methyl sites for hydroxylation is 3. The molecule has 0 saturated carbocycles. The zero-order valence-corrected chi connectivity index (χ0v) is 21.6. The Balaban J connectivity index is 1.67. The van der Waals surface area contributed by atoms with Crippen LogP contribution in [0.3, 0.4) is 0 Å². The maximum atomic E-state index is 12.6. The van der Waals surface area contributed by atoms with Crippen molar-refractivity contribution in [3.8, 4) is 5.75 Å². The van der Waals surface area contributed by atoms with Crippen LogP contribution in [0, 0.1) is 27.7 Å². The fourth-order valence-corrected chi connectivity index (χ4v) is 5.20. The van der Waals surface area contributed by atoms with Crippen molar-refractivity contribution in [3.05, 3.63) is 63.8 Å². The monoisotopic (exact) mass is 500 g/mol. The molecule has 2 heterocycles. The number of esters is 1. The van der Waals surface area contributed by atoms with Gasteiger partial charge in [0.05, 0.1) is 18.4 Å². The molecule has 0 atom stereocenters. The minimum absolute atomic E-state index is 0.101. The highest BCUT2D eigenvalue weighted by Gasteiger charge is 2.22. The zero-order valence-electron chi connectivity index (χ0n) is 19.9. The molecule has 180 valence electrons. The Kier molecular flexibility index (Phi) is 8.51. The Labute approximate surface area is 207 Å². The van der Waals surface area contributed by atoms with Crippen LogP contribution in [0.25, 0.3) is 0 Å². The van der Waals surface area contributed by atoms with E-state index in [0.717, 1.165) is 27.3 Å². The van der Waals surface area contributed by atoms with Crippen molar-refractivity contribution in [3.63, 3.8) is 0 Å². The molecular weight excluding hydrogens is 472 g/mol. The number of thiophene rings is 1. The van der Waals surface area contributed by atoms with Crippen LogP contribution in [0.4, 0.5) is 5.00 Å². The van der Waals surface area contributed by atoms with Gasteiger partial charge in [0, 0.05) is 11.4 Å². The number of hydrogen-bond acceptors (Lipinski definition) is 8. The lowest BCUT2D eigenvalue weighted by molar-refractivity contribution is -0.113. The zero-order chi connectivity index (χ0) is 24.8. The van der Waals surface area contributed by atoms with Gasteiger partial charge in [0.25, 0.3) is 0 Å². The number of methoxy groups -OCH3 is 1. The summed E-state index contributed by atoms with van der Waals surface area (Å²) in [4.78, 5) is 25.7. The minimum atomic E-state index is -0.469. The van der Waals surface area contributed by atoms with Crippen molar-refractivity contribution in [1.82, 2.24) is 14.8 Å². The van der Waals surface area contributed by atoms with E-state index >= 15 is 0 Å². The summed E-state index contributed by atoms with van der Waals surface area (Å²) < 4.78 is 12.7. The van der Waals surface area contributed by atoms with E-state index < -0.39 is 5.97 Å². The molecule has 3 rings (SSSR count). The highest BCUT2D eigenvalue weighted by Crippen LogP contribution is 2.33. The van der Waals surface area contributed by atoms with Gasteiger partial charge >= 0.3 is 5.97 Å². The molecule has 34 heavy (non-hydrogen) atoms. The number of anilines is 1. The number of nitrogens with zero attached hydrogens (tertiary/aromatic N) is 3. The highest BCUT2D eigenvalue weighted by molar-refractivity contribution is 7.99. The number of amides is 1. The van der Waals surface area contributed by atoms with Gasteiger partial charge in [-0.15, -0.1) is 28.1 Å². The van der Waals surface area contributed by atoms with E-state index in [1.165, 1.54) is 30.2 Å². The number of aromatic nitrogens is 3. The number of carbonyl (C=O) groups is 2. The molecule has 0 aliphatic heterocycles. The van der Waals surface area contributed by atoms with E-state index in [2.05, 4.69) is 28.2 Å². The second-order valence-electron chi connectivity index (χ2n) is 7.73. The lowest BCUT2D eigenvalue weighted by Crippen LogP contribution is -2.16. The second-order valence-corrected chi connectivity index (χ2v) is 9.89. The third-order valence-corrected chi connectivity index (χ3v) is 7.12.